The Morgan fingerprint density at radius 3 is 1.75 bits per heavy atom. The van der Waals surface area contributed by atoms with Gasteiger partial charge in [0.15, 0.2) is 0 Å². The monoisotopic (exact) mass is 207 g/mol. The molecular weight excluding hydrogens is 199 g/mol. The van der Waals surface area contributed by atoms with Crippen molar-refractivity contribution in [1.82, 2.24) is 0 Å². The molecule has 1 N–H and O–H groups in total. The molecule has 6 nitrogen and oxygen atoms in total. The fraction of sp³-hybridized carbons (Fsp3) is 0.750. The summed E-state index contributed by atoms with van der Waals surface area (Å²) in [4.78, 5) is 8.89. The van der Waals surface area contributed by atoms with E-state index in [4.69, 9.17) is 15.0 Å². The minimum absolute atomic E-state index is 0. The summed E-state index contributed by atoms with van der Waals surface area (Å²) in [6.07, 6.45) is 0. The number of aliphatic carboxylic acids is 1. The molecule has 68 valence electrons. The fourth-order valence-electron chi connectivity index (χ4n) is 0.112. The third kappa shape index (κ3) is 47.9. The molecule has 12 heavy (non-hydrogen) atoms. The molecule has 0 aliphatic carbocycles. The Bertz CT molecular complexity index is 194. The molecule has 0 rings (SSSR count). The Morgan fingerprint density at radius 1 is 1.50 bits per heavy atom. The smallest absolute Gasteiger partial charge is 0.748 e. The second-order valence-corrected chi connectivity index (χ2v) is 3.00. The zero-order chi connectivity index (χ0) is 9.49. The zero-order valence-corrected chi connectivity index (χ0v) is 9.63. The molecule has 0 aliphatic heterocycles. The van der Waals surface area contributed by atoms with Crippen LogP contribution >= 0.6 is 0 Å². The fourth-order valence-corrected chi connectivity index (χ4v) is 0.335. The summed E-state index contributed by atoms with van der Waals surface area (Å²) in [7, 11) is -4.17. The number of hydrogen-bond acceptors (Lipinski definition) is 6. The van der Waals surface area contributed by atoms with E-state index in [0.29, 0.717) is 0 Å². The molecule has 0 unspecified atom stereocenters. The van der Waals surface area contributed by atoms with Gasteiger partial charge < -0.3 is 19.6 Å². The third-order valence-electron chi connectivity index (χ3n) is 0.341. The molecule has 8 heteroatoms. The maximum atomic E-state index is 9.52. The predicted molar refractivity (Wildman–Crippen MR) is 32.3 cm³/mol. The van der Waals surface area contributed by atoms with Crippen LogP contribution in [0.4, 0.5) is 0 Å². The minimum atomic E-state index is -4.17. The second-order valence-electron chi connectivity index (χ2n) is 1.48. The molecule has 0 bridgehead atoms. The number of carbonyl (C=O) groups is 1. The molecule has 0 saturated heterocycles. The first-order chi connectivity index (χ1) is 4.79. The number of rotatable bonds is 2. The van der Waals surface area contributed by atoms with Crippen molar-refractivity contribution in [2.45, 2.75) is 6.92 Å². The summed E-state index contributed by atoms with van der Waals surface area (Å²) in [6.45, 7) is 0.381. The van der Waals surface area contributed by atoms with Crippen molar-refractivity contribution in [2.24, 2.45) is 0 Å². The van der Waals surface area contributed by atoms with E-state index < -0.39 is 28.4 Å². The van der Waals surface area contributed by atoms with Gasteiger partial charge in [0.05, 0.1) is 22.5 Å². The van der Waals surface area contributed by atoms with Crippen LogP contribution in [0.2, 0.25) is 0 Å². The van der Waals surface area contributed by atoms with Gasteiger partial charge in [0.1, 0.15) is 0 Å². The number of hydrogen-bond donors (Lipinski definition) is 1. The maximum absolute atomic E-state index is 9.52. The van der Waals surface area contributed by atoms with E-state index in [1.54, 1.807) is 0 Å². The molecule has 0 heterocycles. The molecule has 0 amide bonds. The van der Waals surface area contributed by atoms with Crippen LogP contribution in [0.25, 0.3) is 0 Å². The summed E-state index contributed by atoms with van der Waals surface area (Å²) >= 11 is 0. The summed E-state index contributed by atoms with van der Waals surface area (Å²) < 4.78 is 28.5. The molecule has 0 saturated carbocycles. The Labute approximate surface area is 92.6 Å². The number of carboxylic acid groups (broad SMARTS) is 1. The molecule has 0 aromatic rings. The van der Waals surface area contributed by atoms with Crippen LogP contribution in [0.3, 0.4) is 0 Å². The minimum Gasteiger partial charge on any atom is -0.748 e. The molecule has 0 aliphatic rings. The van der Waals surface area contributed by atoms with E-state index in [2.05, 4.69) is 0 Å². The normalized spacial score (nSPS) is 8.92. The van der Waals surface area contributed by atoms with Crippen molar-refractivity contribution in [1.29, 1.82) is 0 Å². The molecular formula is C4H8NaO6S-. The molecule has 0 radical (unpaired) electrons. The number of aliphatic hydroxyl groups excluding tert-OH is 1. The first-order valence-corrected chi connectivity index (χ1v) is 4.09. The van der Waals surface area contributed by atoms with Crippen LogP contribution in [0.15, 0.2) is 0 Å². The van der Waals surface area contributed by atoms with Gasteiger partial charge in [-0.15, -0.1) is 0 Å². The van der Waals surface area contributed by atoms with Gasteiger partial charge in [-0.1, -0.05) is 0 Å². The summed E-state index contributed by atoms with van der Waals surface area (Å²) in [5.41, 5.74) is 0. The van der Waals surface area contributed by atoms with Crippen molar-refractivity contribution >= 4 is 16.1 Å². The average molecular weight is 207 g/mol. The molecule has 0 fully saturated rings. The van der Waals surface area contributed by atoms with Gasteiger partial charge in [-0.2, -0.15) is 0 Å². The number of carboxylic acids is 1. The SMILES string of the molecule is CC(=O)[O-].O=S(=O)([O-])CCO.[Na+]. The van der Waals surface area contributed by atoms with Gasteiger partial charge in [-0.05, 0) is 6.92 Å². The zero-order valence-electron chi connectivity index (χ0n) is 6.81. The Morgan fingerprint density at radius 2 is 1.75 bits per heavy atom. The number of carbonyl (C=O) groups excluding carboxylic acids is 1. The van der Waals surface area contributed by atoms with Gasteiger partial charge in [0, 0.05) is 5.97 Å². The first-order valence-electron chi connectivity index (χ1n) is 2.51. The Hall–Kier alpha value is 0.340. The summed E-state index contributed by atoms with van der Waals surface area (Å²) in [6, 6.07) is 0. The van der Waals surface area contributed by atoms with Gasteiger partial charge in [-0.3, -0.25) is 0 Å². The standard InChI is InChI=1S/C2H6O4S.C2H4O2.Na/c3-1-2-7(4,5)6;1-2(3)4;/h3H,1-2H2,(H,4,5,6);1H3,(H,3,4);/q;;+1/p-2. The molecule has 0 aromatic heterocycles. The third-order valence-corrected chi connectivity index (χ3v) is 1.02. The van der Waals surface area contributed by atoms with E-state index in [9.17, 15) is 13.0 Å². The van der Waals surface area contributed by atoms with Gasteiger partial charge in [0.2, 0.25) is 0 Å². The molecule has 0 spiro atoms. The van der Waals surface area contributed by atoms with Crippen LogP contribution in [-0.4, -0.2) is 36.4 Å². The number of aliphatic hydroxyl groups is 1. The van der Waals surface area contributed by atoms with Crippen molar-refractivity contribution < 1.29 is 57.5 Å². The van der Waals surface area contributed by atoms with E-state index >= 15 is 0 Å². The van der Waals surface area contributed by atoms with Crippen molar-refractivity contribution in [2.75, 3.05) is 12.4 Å². The van der Waals surface area contributed by atoms with Crippen molar-refractivity contribution in [3.63, 3.8) is 0 Å². The van der Waals surface area contributed by atoms with E-state index in [1.165, 1.54) is 0 Å². The maximum Gasteiger partial charge on any atom is 1.00 e. The average Bonchev–Trinajstić information content (AvgIpc) is 1.58. The molecule has 0 atom stereocenters. The van der Waals surface area contributed by atoms with Crippen LogP contribution in [0, 0.1) is 0 Å². The summed E-state index contributed by atoms with van der Waals surface area (Å²) in [5.74, 6) is -1.77. The van der Waals surface area contributed by atoms with Crippen LogP contribution in [-0.2, 0) is 14.9 Å². The Kier molecular flexibility index (Phi) is 14.3. The van der Waals surface area contributed by atoms with Gasteiger partial charge in [0.25, 0.3) is 0 Å². The van der Waals surface area contributed by atoms with Gasteiger partial charge >= 0.3 is 29.6 Å². The predicted octanol–water partition coefficient (Wildman–Crippen LogP) is -5.72. The largest absolute Gasteiger partial charge is 1.00 e. The van der Waals surface area contributed by atoms with E-state index in [1.807, 2.05) is 0 Å². The topological polar surface area (TPSA) is 118 Å². The van der Waals surface area contributed by atoms with Crippen LogP contribution in [0.5, 0.6) is 0 Å². The van der Waals surface area contributed by atoms with Gasteiger partial charge in [-0.25, -0.2) is 8.42 Å². The summed E-state index contributed by atoms with van der Waals surface area (Å²) in [5, 5.41) is 16.7. The van der Waals surface area contributed by atoms with Crippen LogP contribution in [0.1, 0.15) is 6.92 Å². The second kappa shape index (κ2) is 9.43. The molecule has 0 aromatic carbocycles. The van der Waals surface area contributed by atoms with E-state index in [0.717, 1.165) is 6.92 Å². The van der Waals surface area contributed by atoms with Crippen molar-refractivity contribution in [3.05, 3.63) is 0 Å². The Balaban J connectivity index is -0.000000142. The van der Waals surface area contributed by atoms with Crippen molar-refractivity contribution in [3.8, 4) is 0 Å². The van der Waals surface area contributed by atoms with Crippen LogP contribution < -0.4 is 34.7 Å². The first kappa shape index (κ1) is 18.2. The van der Waals surface area contributed by atoms with E-state index in [-0.39, 0.29) is 29.6 Å². The quantitative estimate of drug-likeness (QED) is 0.356.